The van der Waals surface area contributed by atoms with Crippen LogP contribution in [0.3, 0.4) is 0 Å². The lowest BCUT2D eigenvalue weighted by atomic mass is 10.2. The Balaban J connectivity index is 0.000000441. The van der Waals surface area contributed by atoms with Gasteiger partial charge in [0.15, 0.2) is 0 Å². The SMILES string of the molecule is CC(=O)OC(C)=O.COc1ccc(C)c(NC(C)=O)c1. The molecule has 0 aromatic heterocycles. The van der Waals surface area contributed by atoms with E-state index in [1.807, 2.05) is 19.1 Å². The lowest BCUT2D eigenvalue weighted by Crippen LogP contribution is -2.07. The van der Waals surface area contributed by atoms with E-state index in [-0.39, 0.29) is 5.91 Å². The first kappa shape index (κ1) is 17.6. The van der Waals surface area contributed by atoms with Gasteiger partial charge in [-0.2, -0.15) is 0 Å². The van der Waals surface area contributed by atoms with Gasteiger partial charge in [-0.1, -0.05) is 6.07 Å². The van der Waals surface area contributed by atoms with Crippen molar-refractivity contribution in [2.24, 2.45) is 0 Å². The predicted octanol–water partition coefficient (Wildman–Crippen LogP) is 2.06. The average Bonchev–Trinajstić information content (AvgIpc) is 2.30. The van der Waals surface area contributed by atoms with Crippen LogP contribution in [-0.4, -0.2) is 25.0 Å². The molecule has 0 spiro atoms. The maximum Gasteiger partial charge on any atom is 0.310 e. The lowest BCUT2D eigenvalue weighted by Gasteiger charge is -2.07. The van der Waals surface area contributed by atoms with E-state index >= 15 is 0 Å². The summed E-state index contributed by atoms with van der Waals surface area (Å²) in [6.07, 6.45) is 0. The van der Waals surface area contributed by atoms with Crippen molar-refractivity contribution >= 4 is 23.5 Å². The molecule has 0 bridgehead atoms. The normalized spacial score (nSPS) is 8.85. The number of aryl methyl sites for hydroxylation is 1. The van der Waals surface area contributed by atoms with E-state index in [4.69, 9.17) is 4.74 Å². The average molecular weight is 281 g/mol. The second-order valence-electron chi connectivity index (χ2n) is 3.95. The van der Waals surface area contributed by atoms with Gasteiger partial charge in [-0.15, -0.1) is 0 Å². The molecular weight excluding hydrogens is 262 g/mol. The smallest absolute Gasteiger partial charge is 0.310 e. The molecule has 0 aliphatic rings. The minimum Gasteiger partial charge on any atom is -0.497 e. The molecule has 1 aromatic carbocycles. The van der Waals surface area contributed by atoms with E-state index in [9.17, 15) is 14.4 Å². The monoisotopic (exact) mass is 281 g/mol. The van der Waals surface area contributed by atoms with Crippen LogP contribution >= 0.6 is 0 Å². The van der Waals surface area contributed by atoms with Gasteiger partial charge in [0, 0.05) is 32.5 Å². The molecule has 6 nitrogen and oxygen atoms in total. The van der Waals surface area contributed by atoms with Gasteiger partial charge in [0.1, 0.15) is 5.75 Å². The molecule has 1 rings (SSSR count). The summed E-state index contributed by atoms with van der Waals surface area (Å²) in [4.78, 5) is 30.4. The number of methoxy groups -OCH3 is 1. The maximum atomic E-state index is 10.8. The van der Waals surface area contributed by atoms with Crippen LogP contribution in [0, 0.1) is 6.92 Å². The van der Waals surface area contributed by atoms with E-state index in [1.54, 1.807) is 13.2 Å². The highest BCUT2D eigenvalue weighted by molar-refractivity contribution is 5.89. The van der Waals surface area contributed by atoms with Crippen molar-refractivity contribution < 1.29 is 23.9 Å². The fraction of sp³-hybridized carbons (Fsp3) is 0.357. The maximum absolute atomic E-state index is 10.8. The van der Waals surface area contributed by atoms with Crippen LogP contribution in [0.15, 0.2) is 18.2 Å². The Morgan fingerprint density at radius 2 is 1.60 bits per heavy atom. The van der Waals surface area contributed by atoms with Crippen LogP contribution in [0.1, 0.15) is 26.3 Å². The van der Waals surface area contributed by atoms with E-state index < -0.39 is 11.9 Å². The van der Waals surface area contributed by atoms with Crippen molar-refractivity contribution in [3.05, 3.63) is 23.8 Å². The summed E-state index contributed by atoms with van der Waals surface area (Å²) < 4.78 is 9.01. The first-order chi connectivity index (χ1) is 9.26. The van der Waals surface area contributed by atoms with Crippen molar-refractivity contribution in [3.63, 3.8) is 0 Å². The number of hydrogen-bond acceptors (Lipinski definition) is 5. The second kappa shape index (κ2) is 8.68. The molecule has 20 heavy (non-hydrogen) atoms. The van der Waals surface area contributed by atoms with E-state index in [0.717, 1.165) is 17.0 Å². The Morgan fingerprint density at radius 3 is 1.95 bits per heavy atom. The number of carbonyl (C=O) groups is 3. The molecule has 110 valence electrons. The predicted molar refractivity (Wildman–Crippen MR) is 74.5 cm³/mol. The van der Waals surface area contributed by atoms with Gasteiger partial charge >= 0.3 is 11.9 Å². The lowest BCUT2D eigenvalue weighted by molar-refractivity contribution is -0.156. The van der Waals surface area contributed by atoms with Crippen molar-refractivity contribution in [1.82, 2.24) is 0 Å². The molecule has 0 saturated heterocycles. The number of ether oxygens (including phenoxy) is 2. The summed E-state index contributed by atoms with van der Waals surface area (Å²) in [5.41, 5.74) is 1.82. The number of esters is 2. The molecule has 0 heterocycles. The summed E-state index contributed by atoms with van der Waals surface area (Å²) in [5, 5.41) is 2.73. The number of nitrogens with one attached hydrogen (secondary N) is 1. The number of amides is 1. The Bertz CT molecular complexity index is 484. The van der Waals surface area contributed by atoms with E-state index in [2.05, 4.69) is 10.1 Å². The number of hydrogen-bond donors (Lipinski definition) is 1. The first-order valence-electron chi connectivity index (χ1n) is 5.87. The number of benzene rings is 1. The molecule has 0 aliphatic carbocycles. The van der Waals surface area contributed by atoms with E-state index in [0.29, 0.717) is 0 Å². The van der Waals surface area contributed by atoms with Crippen molar-refractivity contribution in [2.75, 3.05) is 12.4 Å². The fourth-order valence-corrected chi connectivity index (χ4v) is 1.25. The molecule has 1 N–H and O–H groups in total. The topological polar surface area (TPSA) is 81.7 Å². The third-order valence-electron chi connectivity index (χ3n) is 2.04. The van der Waals surface area contributed by atoms with Crippen LogP contribution in [-0.2, 0) is 19.1 Å². The van der Waals surface area contributed by atoms with Gasteiger partial charge in [0.05, 0.1) is 7.11 Å². The highest BCUT2D eigenvalue weighted by Crippen LogP contribution is 2.21. The largest absolute Gasteiger partial charge is 0.497 e. The molecule has 0 unspecified atom stereocenters. The molecule has 1 amide bonds. The van der Waals surface area contributed by atoms with Crippen molar-refractivity contribution in [2.45, 2.75) is 27.7 Å². The molecule has 0 fully saturated rings. The summed E-state index contributed by atoms with van der Waals surface area (Å²) in [6.45, 7) is 5.78. The summed E-state index contributed by atoms with van der Waals surface area (Å²) in [6, 6.07) is 5.57. The van der Waals surface area contributed by atoms with Gasteiger partial charge in [0.2, 0.25) is 5.91 Å². The standard InChI is InChI=1S/C10H13NO2.C4H6O3/c1-7-4-5-9(13-3)6-10(7)11-8(2)12;1-3(5)7-4(2)6/h4-6H,1-3H3,(H,11,12);1-2H3. The molecular formula is C14H19NO5. The summed E-state index contributed by atoms with van der Waals surface area (Å²) in [7, 11) is 1.60. The first-order valence-corrected chi connectivity index (χ1v) is 5.87. The number of anilines is 1. The van der Waals surface area contributed by atoms with Crippen LogP contribution in [0.25, 0.3) is 0 Å². The van der Waals surface area contributed by atoms with Gasteiger partial charge in [-0.25, -0.2) is 0 Å². The van der Waals surface area contributed by atoms with Crippen LogP contribution in [0.4, 0.5) is 5.69 Å². The third kappa shape index (κ3) is 7.86. The molecule has 0 radical (unpaired) electrons. The zero-order chi connectivity index (χ0) is 15.7. The minimum absolute atomic E-state index is 0.0728. The molecule has 1 aromatic rings. The van der Waals surface area contributed by atoms with Crippen molar-refractivity contribution in [3.8, 4) is 5.75 Å². The number of carbonyl (C=O) groups excluding carboxylic acids is 3. The molecule has 0 saturated carbocycles. The van der Waals surface area contributed by atoms with Gasteiger partial charge < -0.3 is 14.8 Å². The molecule has 6 heteroatoms. The van der Waals surface area contributed by atoms with Crippen molar-refractivity contribution in [1.29, 1.82) is 0 Å². The Morgan fingerprint density at radius 1 is 1.05 bits per heavy atom. The van der Waals surface area contributed by atoms with Gasteiger partial charge in [-0.3, -0.25) is 14.4 Å². The summed E-state index contributed by atoms with van der Waals surface area (Å²) >= 11 is 0. The summed E-state index contributed by atoms with van der Waals surface area (Å²) in [5.74, 6) is -0.453. The van der Waals surface area contributed by atoms with Gasteiger partial charge in [0.25, 0.3) is 0 Å². The van der Waals surface area contributed by atoms with Crippen LogP contribution < -0.4 is 10.1 Å². The number of rotatable bonds is 2. The molecule has 0 aliphatic heterocycles. The zero-order valence-electron chi connectivity index (χ0n) is 12.3. The Kier molecular flexibility index (Phi) is 7.65. The zero-order valence-corrected chi connectivity index (χ0v) is 12.3. The minimum atomic E-state index is -0.562. The fourth-order valence-electron chi connectivity index (χ4n) is 1.25. The molecule has 0 atom stereocenters. The Labute approximate surface area is 118 Å². The van der Waals surface area contributed by atoms with Crippen LogP contribution in [0.5, 0.6) is 5.75 Å². The van der Waals surface area contributed by atoms with E-state index in [1.165, 1.54) is 20.8 Å². The quantitative estimate of drug-likeness (QED) is 0.662. The van der Waals surface area contributed by atoms with Gasteiger partial charge in [-0.05, 0) is 18.6 Å². The second-order valence-corrected chi connectivity index (χ2v) is 3.95. The highest BCUT2D eigenvalue weighted by Gasteiger charge is 2.01. The third-order valence-corrected chi connectivity index (χ3v) is 2.04. The highest BCUT2D eigenvalue weighted by atomic mass is 16.6. The Hall–Kier alpha value is -2.37. The van der Waals surface area contributed by atoms with Crippen LogP contribution in [0.2, 0.25) is 0 Å².